The lowest BCUT2D eigenvalue weighted by atomic mass is 9.87. The number of amides is 2. The van der Waals surface area contributed by atoms with Crippen molar-refractivity contribution in [2.24, 2.45) is 17.4 Å². The lowest BCUT2D eigenvalue weighted by Gasteiger charge is -2.21. The van der Waals surface area contributed by atoms with Gasteiger partial charge in [-0.25, -0.2) is 0 Å². The first-order valence-electron chi connectivity index (χ1n) is 8.64. The van der Waals surface area contributed by atoms with E-state index in [-0.39, 0.29) is 11.8 Å². The zero-order valence-corrected chi connectivity index (χ0v) is 15.4. The van der Waals surface area contributed by atoms with Crippen molar-refractivity contribution >= 4 is 17.6 Å². The molecule has 2 amide bonds. The van der Waals surface area contributed by atoms with Crippen LogP contribution in [0.4, 0.5) is 5.82 Å². The Kier molecular flexibility index (Phi) is 9.45. The van der Waals surface area contributed by atoms with Gasteiger partial charge in [-0.2, -0.15) is 5.10 Å². The van der Waals surface area contributed by atoms with Crippen molar-refractivity contribution in [2.75, 3.05) is 5.32 Å². The summed E-state index contributed by atoms with van der Waals surface area (Å²) in [7, 11) is 0. The van der Waals surface area contributed by atoms with Crippen LogP contribution in [-0.4, -0.2) is 22.0 Å². The summed E-state index contributed by atoms with van der Waals surface area (Å²) in [6, 6.07) is 3.38. The Hall–Kier alpha value is -2.90. The maximum absolute atomic E-state index is 10.7. The second-order valence-electron chi connectivity index (χ2n) is 6.09. The molecule has 1 aromatic heterocycles. The molecular weight excluding hydrogens is 332 g/mol. The lowest BCUT2D eigenvalue weighted by molar-refractivity contribution is -0.118. The first-order chi connectivity index (χ1) is 12.4. The van der Waals surface area contributed by atoms with Gasteiger partial charge in [-0.05, 0) is 43.0 Å². The van der Waals surface area contributed by atoms with Crippen molar-refractivity contribution < 1.29 is 9.59 Å². The number of carbonyl (C=O) groups is 2. The van der Waals surface area contributed by atoms with Crippen LogP contribution in [-0.2, 0) is 9.59 Å². The minimum absolute atomic E-state index is 0.138. The van der Waals surface area contributed by atoms with Crippen molar-refractivity contribution in [1.29, 1.82) is 0 Å². The van der Waals surface area contributed by atoms with E-state index in [1.54, 1.807) is 30.5 Å². The van der Waals surface area contributed by atoms with Crippen molar-refractivity contribution in [1.82, 2.24) is 15.5 Å². The summed E-state index contributed by atoms with van der Waals surface area (Å²) in [4.78, 5) is 21.2. The highest BCUT2D eigenvalue weighted by Crippen LogP contribution is 2.27. The highest BCUT2D eigenvalue weighted by atomic mass is 16.2. The van der Waals surface area contributed by atoms with Gasteiger partial charge in [0.1, 0.15) is 5.82 Å². The molecule has 0 radical (unpaired) electrons. The van der Waals surface area contributed by atoms with Gasteiger partial charge in [0.25, 0.3) is 0 Å². The smallest absolute Gasteiger partial charge is 0.222 e. The fraction of sp³-hybridized carbons (Fsp3) is 0.444. The van der Waals surface area contributed by atoms with Crippen molar-refractivity contribution in [3.63, 3.8) is 0 Å². The van der Waals surface area contributed by atoms with Gasteiger partial charge in [0.05, 0.1) is 0 Å². The van der Waals surface area contributed by atoms with E-state index in [0.717, 1.165) is 18.5 Å². The topological polar surface area (TPSA) is 136 Å². The molecule has 8 heteroatoms. The average molecular weight is 360 g/mol. The Morgan fingerprint density at radius 3 is 2.35 bits per heavy atom. The molecule has 0 unspecified atom stereocenters. The molecule has 142 valence electrons. The normalized spacial score (nSPS) is 15.5. The maximum Gasteiger partial charge on any atom is 0.222 e. The number of aromatic nitrogens is 2. The quantitative estimate of drug-likeness (QED) is 0.604. The number of hydrogen-bond donors (Lipinski definition) is 4. The first-order valence-corrected chi connectivity index (χ1v) is 8.64. The zero-order chi connectivity index (χ0) is 19.4. The van der Waals surface area contributed by atoms with E-state index in [2.05, 4.69) is 20.8 Å². The second-order valence-corrected chi connectivity index (χ2v) is 6.09. The predicted molar refractivity (Wildman–Crippen MR) is 101 cm³/mol. The van der Waals surface area contributed by atoms with E-state index in [1.165, 1.54) is 33.1 Å². The predicted octanol–water partition coefficient (Wildman–Crippen LogP) is 1.78. The summed E-state index contributed by atoms with van der Waals surface area (Å²) < 4.78 is 0. The van der Waals surface area contributed by atoms with Gasteiger partial charge in [0.15, 0.2) is 5.82 Å². The molecule has 6 N–H and O–H groups in total. The van der Waals surface area contributed by atoms with Crippen LogP contribution in [0.15, 0.2) is 42.0 Å². The second kappa shape index (κ2) is 11.6. The number of anilines is 1. The Labute approximate surface area is 154 Å². The molecular formula is C18H28N6O2. The van der Waals surface area contributed by atoms with Gasteiger partial charge in [-0.3, -0.25) is 9.59 Å². The largest absolute Gasteiger partial charge is 0.402 e. The SMILES string of the molecule is CC(=O)N/C(N)=C/C=C(\N)C1CCCCC1.CC(=O)Nc1cccnn1. The summed E-state index contributed by atoms with van der Waals surface area (Å²) in [6.45, 7) is 2.85. The molecule has 0 atom stereocenters. The van der Waals surface area contributed by atoms with E-state index in [1.807, 2.05) is 0 Å². The number of allylic oxidation sites excluding steroid dienone is 3. The fourth-order valence-corrected chi connectivity index (χ4v) is 2.55. The molecule has 0 aromatic carbocycles. The van der Waals surface area contributed by atoms with Gasteiger partial charge in [0.2, 0.25) is 11.8 Å². The third-order valence-corrected chi connectivity index (χ3v) is 3.73. The third kappa shape index (κ3) is 9.41. The molecule has 1 saturated carbocycles. The zero-order valence-electron chi connectivity index (χ0n) is 15.4. The third-order valence-electron chi connectivity index (χ3n) is 3.73. The standard InChI is InChI=1S/C12H21N3O.C6H7N3O/c1-9(16)15-12(14)8-7-11(13)10-5-3-2-4-6-10;1-5(10)8-6-3-2-4-7-9-6/h7-8,10H,2-6,13-14H2,1H3,(H,15,16);2-4H,1H3,(H,8,9,10)/b11-7-,12-8+;. The Morgan fingerprint density at radius 2 is 1.81 bits per heavy atom. The molecule has 1 aliphatic carbocycles. The van der Waals surface area contributed by atoms with Crippen molar-refractivity contribution in [3.05, 3.63) is 42.0 Å². The summed E-state index contributed by atoms with van der Waals surface area (Å²) in [5.41, 5.74) is 12.4. The monoisotopic (exact) mass is 360 g/mol. The Morgan fingerprint density at radius 1 is 1.12 bits per heavy atom. The Balaban J connectivity index is 0.000000289. The van der Waals surface area contributed by atoms with E-state index >= 15 is 0 Å². The molecule has 0 spiro atoms. The summed E-state index contributed by atoms with van der Waals surface area (Å²) >= 11 is 0. The van der Waals surface area contributed by atoms with Crippen LogP contribution < -0.4 is 22.1 Å². The van der Waals surface area contributed by atoms with E-state index in [0.29, 0.717) is 17.6 Å². The first kappa shape index (κ1) is 21.1. The molecule has 1 heterocycles. The molecule has 1 fully saturated rings. The maximum atomic E-state index is 10.7. The summed E-state index contributed by atoms with van der Waals surface area (Å²) in [6.07, 6.45) is 11.2. The van der Waals surface area contributed by atoms with Gasteiger partial charge < -0.3 is 22.1 Å². The number of rotatable bonds is 4. The molecule has 0 saturated heterocycles. The molecule has 0 bridgehead atoms. The highest BCUT2D eigenvalue weighted by molar-refractivity contribution is 5.87. The molecule has 1 aliphatic rings. The Bertz CT molecular complexity index is 636. The van der Waals surface area contributed by atoms with Crippen molar-refractivity contribution in [2.45, 2.75) is 46.0 Å². The van der Waals surface area contributed by atoms with Crippen LogP contribution >= 0.6 is 0 Å². The van der Waals surface area contributed by atoms with Gasteiger partial charge in [0, 0.05) is 25.7 Å². The summed E-state index contributed by atoms with van der Waals surface area (Å²) in [5, 5.41) is 12.2. The average Bonchev–Trinajstić information content (AvgIpc) is 2.61. The summed E-state index contributed by atoms with van der Waals surface area (Å²) in [5.74, 6) is 0.996. The van der Waals surface area contributed by atoms with Crippen LogP contribution in [0.25, 0.3) is 0 Å². The minimum Gasteiger partial charge on any atom is -0.402 e. The van der Waals surface area contributed by atoms with Crippen LogP contribution in [0, 0.1) is 5.92 Å². The molecule has 1 aromatic rings. The number of nitrogens with one attached hydrogen (secondary N) is 2. The van der Waals surface area contributed by atoms with Gasteiger partial charge in [-0.1, -0.05) is 19.3 Å². The van der Waals surface area contributed by atoms with Gasteiger partial charge >= 0.3 is 0 Å². The number of carbonyl (C=O) groups excluding carboxylic acids is 2. The van der Waals surface area contributed by atoms with Crippen LogP contribution in [0.2, 0.25) is 0 Å². The molecule has 26 heavy (non-hydrogen) atoms. The van der Waals surface area contributed by atoms with Crippen LogP contribution in [0.5, 0.6) is 0 Å². The van der Waals surface area contributed by atoms with Crippen LogP contribution in [0.3, 0.4) is 0 Å². The fourth-order valence-electron chi connectivity index (χ4n) is 2.55. The van der Waals surface area contributed by atoms with Gasteiger partial charge in [-0.15, -0.1) is 5.10 Å². The number of hydrogen-bond acceptors (Lipinski definition) is 6. The molecule has 2 rings (SSSR count). The molecule has 0 aliphatic heterocycles. The van der Waals surface area contributed by atoms with E-state index in [9.17, 15) is 9.59 Å². The highest BCUT2D eigenvalue weighted by Gasteiger charge is 2.14. The minimum atomic E-state index is -0.168. The number of nitrogens with two attached hydrogens (primary N) is 2. The van der Waals surface area contributed by atoms with Crippen molar-refractivity contribution in [3.8, 4) is 0 Å². The lowest BCUT2D eigenvalue weighted by Crippen LogP contribution is -2.24. The van der Waals surface area contributed by atoms with Crippen LogP contribution in [0.1, 0.15) is 46.0 Å². The van der Waals surface area contributed by atoms with E-state index in [4.69, 9.17) is 11.5 Å². The molecule has 8 nitrogen and oxygen atoms in total. The van der Waals surface area contributed by atoms with E-state index < -0.39 is 0 Å². The number of nitrogens with zero attached hydrogens (tertiary/aromatic N) is 2.